The Hall–Kier alpha value is -7.18. The van der Waals surface area contributed by atoms with Crippen LogP contribution in [0.2, 0.25) is 0 Å². The lowest BCUT2D eigenvalue weighted by Gasteiger charge is -2.13. The molecule has 0 aliphatic carbocycles. The highest BCUT2D eigenvalue weighted by atomic mass is 16.3. The summed E-state index contributed by atoms with van der Waals surface area (Å²) in [4.78, 5) is 19.7. The zero-order chi connectivity index (χ0) is 34.2. The first-order valence-electron chi connectivity index (χ1n) is 17.3. The topological polar surface area (TPSA) is 69.6 Å². The first kappa shape index (κ1) is 28.6. The van der Waals surface area contributed by atoms with Crippen LogP contribution in [-0.2, 0) is 0 Å². The predicted octanol–water partition coefficient (Wildman–Crippen LogP) is 11.6. The summed E-state index contributed by atoms with van der Waals surface area (Å²) in [7, 11) is 0. The molecule has 0 amide bonds. The van der Waals surface area contributed by atoms with Crippen molar-refractivity contribution in [3.63, 3.8) is 0 Å². The highest BCUT2D eigenvalue weighted by Crippen LogP contribution is 2.37. The van der Waals surface area contributed by atoms with Gasteiger partial charge in [0.05, 0.1) is 17.2 Å². The first-order valence-corrected chi connectivity index (χ1v) is 17.3. The Morgan fingerprint density at radius 3 is 1.79 bits per heavy atom. The maximum Gasteiger partial charge on any atom is 0.164 e. The fraction of sp³-hybridized carbons (Fsp3) is 0. The molecular weight excluding hydrogens is 639 g/mol. The molecule has 6 heteroatoms. The number of nitrogens with zero attached hydrogens (tertiary/aromatic N) is 5. The van der Waals surface area contributed by atoms with Crippen molar-refractivity contribution in [3.8, 4) is 39.9 Å². The smallest absolute Gasteiger partial charge is 0.164 e. The second-order valence-corrected chi connectivity index (χ2v) is 13.1. The Kier molecular flexibility index (Phi) is 6.15. The van der Waals surface area contributed by atoms with Crippen LogP contribution in [0.4, 0.5) is 0 Å². The van der Waals surface area contributed by atoms with E-state index in [1.165, 1.54) is 27.2 Å². The van der Waals surface area contributed by atoms with Crippen molar-refractivity contribution in [2.75, 3.05) is 0 Å². The number of pyridine rings is 1. The van der Waals surface area contributed by atoms with Gasteiger partial charge in [-0.25, -0.2) is 15.0 Å². The molecule has 0 saturated carbocycles. The Balaban J connectivity index is 1.12. The highest BCUT2D eigenvalue weighted by molar-refractivity contribution is 6.13. The molecule has 52 heavy (non-hydrogen) atoms. The standard InChI is InChI=1S/C46H27N5O/c1-2-10-32-29(9-1)25-39(34-12-4-3-11-33(32)34)46-49-44(48-45(50-46)30-19-22-37-38-23-24-47-27-43(38)52-42(37)26-30)28-17-20-31(21-18-28)51-40-15-7-5-13-35(40)36-14-6-8-16-41(36)51/h1-27H. The normalized spacial score (nSPS) is 11.8. The second-order valence-electron chi connectivity index (χ2n) is 13.1. The largest absolute Gasteiger partial charge is 0.454 e. The number of hydrogen-bond acceptors (Lipinski definition) is 5. The number of rotatable bonds is 4. The van der Waals surface area contributed by atoms with Crippen LogP contribution >= 0.6 is 0 Å². The lowest BCUT2D eigenvalue weighted by Crippen LogP contribution is -2.01. The van der Waals surface area contributed by atoms with Crippen LogP contribution < -0.4 is 0 Å². The number of aromatic nitrogens is 5. The molecule has 0 N–H and O–H groups in total. The molecule has 242 valence electrons. The average molecular weight is 666 g/mol. The summed E-state index contributed by atoms with van der Waals surface area (Å²) >= 11 is 0. The number of fused-ring (bicyclic) bond motifs is 9. The molecule has 0 atom stereocenters. The molecule has 0 aliphatic rings. The Morgan fingerprint density at radius 2 is 1.02 bits per heavy atom. The summed E-state index contributed by atoms with van der Waals surface area (Å²) in [6, 6.07) is 52.9. The van der Waals surface area contributed by atoms with Gasteiger partial charge in [-0.2, -0.15) is 0 Å². The van der Waals surface area contributed by atoms with Crippen molar-refractivity contribution in [1.82, 2.24) is 24.5 Å². The summed E-state index contributed by atoms with van der Waals surface area (Å²) < 4.78 is 8.54. The molecule has 7 aromatic carbocycles. The van der Waals surface area contributed by atoms with E-state index in [4.69, 9.17) is 19.4 Å². The monoisotopic (exact) mass is 665 g/mol. The molecule has 11 aromatic rings. The number of benzene rings is 7. The molecule has 0 fully saturated rings. The van der Waals surface area contributed by atoms with Crippen LogP contribution in [-0.4, -0.2) is 24.5 Å². The summed E-state index contributed by atoms with van der Waals surface area (Å²) in [5.74, 6) is 1.78. The summed E-state index contributed by atoms with van der Waals surface area (Å²) in [5, 5.41) is 9.09. The predicted molar refractivity (Wildman–Crippen MR) is 211 cm³/mol. The van der Waals surface area contributed by atoms with E-state index >= 15 is 0 Å². The Labute approximate surface area is 297 Å². The van der Waals surface area contributed by atoms with Gasteiger partial charge in [0.25, 0.3) is 0 Å². The van der Waals surface area contributed by atoms with E-state index < -0.39 is 0 Å². The maximum absolute atomic E-state index is 6.22. The van der Waals surface area contributed by atoms with E-state index in [1.54, 1.807) is 12.4 Å². The van der Waals surface area contributed by atoms with Crippen molar-refractivity contribution >= 4 is 65.3 Å². The third kappa shape index (κ3) is 4.38. The van der Waals surface area contributed by atoms with Crippen molar-refractivity contribution in [2.24, 2.45) is 0 Å². The zero-order valence-corrected chi connectivity index (χ0v) is 27.7. The van der Waals surface area contributed by atoms with Crippen LogP contribution in [0.5, 0.6) is 0 Å². The van der Waals surface area contributed by atoms with Crippen LogP contribution in [0.25, 0.3) is 105 Å². The van der Waals surface area contributed by atoms with Gasteiger partial charge in [-0.1, -0.05) is 91.0 Å². The molecule has 0 bridgehead atoms. The summed E-state index contributed by atoms with van der Waals surface area (Å²) in [5.41, 5.74) is 7.61. The van der Waals surface area contributed by atoms with E-state index in [0.717, 1.165) is 60.5 Å². The number of hydrogen-bond donors (Lipinski definition) is 0. The zero-order valence-electron chi connectivity index (χ0n) is 27.7. The molecule has 6 nitrogen and oxygen atoms in total. The summed E-state index contributed by atoms with van der Waals surface area (Å²) in [6.07, 6.45) is 3.54. The van der Waals surface area contributed by atoms with Gasteiger partial charge >= 0.3 is 0 Å². The van der Waals surface area contributed by atoms with E-state index in [9.17, 15) is 0 Å². The fourth-order valence-electron chi connectivity index (χ4n) is 7.72. The van der Waals surface area contributed by atoms with Crippen molar-refractivity contribution in [1.29, 1.82) is 0 Å². The van der Waals surface area contributed by atoms with Crippen LogP contribution in [0.3, 0.4) is 0 Å². The average Bonchev–Trinajstić information content (AvgIpc) is 3.76. The second kappa shape index (κ2) is 11.2. The molecule has 0 radical (unpaired) electrons. The first-order chi connectivity index (χ1) is 25.8. The van der Waals surface area contributed by atoms with Gasteiger partial charge in [0, 0.05) is 50.1 Å². The molecule has 4 heterocycles. The third-order valence-electron chi connectivity index (χ3n) is 10.1. The lowest BCUT2D eigenvalue weighted by atomic mass is 9.97. The molecular formula is C46H27N5O. The van der Waals surface area contributed by atoms with Gasteiger partial charge in [-0.3, -0.25) is 4.98 Å². The highest BCUT2D eigenvalue weighted by Gasteiger charge is 2.18. The van der Waals surface area contributed by atoms with Crippen LogP contribution in [0.15, 0.2) is 168 Å². The molecule has 0 saturated heterocycles. The van der Waals surface area contributed by atoms with E-state index in [-0.39, 0.29) is 0 Å². The Morgan fingerprint density at radius 1 is 0.423 bits per heavy atom. The molecule has 0 spiro atoms. The maximum atomic E-state index is 6.22. The van der Waals surface area contributed by atoms with Crippen molar-refractivity contribution in [2.45, 2.75) is 0 Å². The molecule has 11 rings (SSSR count). The van der Waals surface area contributed by atoms with E-state index in [1.807, 2.05) is 12.1 Å². The van der Waals surface area contributed by atoms with E-state index in [0.29, 0.717) is 17.5 Å². The fourth-order valence-corrected chi connectivity index (χ4v) is 7.72. The number of para-hydroxylation sites is 2. The number of furan rings is 1. The van der Waals surface area contributed by atoms with Crippen LogP contribution in [0.1, 0.15) is 0 Å². The molecule has 0 aliphatic heterocycles. The lowest BCUT2D eigenvalue weighted by molar-refractivity contribution is 0.667. The molecule has 0 unspecified atom stereocenters. The van der Waals surface area contributed by atoms with Crippen molar-refractivity contribution < 1.29 is 4.42 Å². The molecule has 4 aromatic heterocycles. The minimum Gasteiger partial charge on any atom is -0.454 e. The third-order valence-corrected chi connectivity index (χ3v) is 10.1. The quantitative estimate of drug-likeness (QED) is 0.175. The Bertz CT molecular complexity index is 3140. The van der Waals surface area contributed by atoms with Gasteiger partial charge < -0.3 is 8.98 Å². The van der Waals surface area contributed by atoms with Gasteiger partial charge in [0.15, 0.2) is 23.1 Å². The van der Waals surface area contributed by atoms with Gasteiger partial charge in [-0.15, -0.1) is 0 Å². The minimum absolute atomic E-state index is 0.573. The SMILES string of the molecule is c1ccc2c(c1)cc(-c1nc(-c3ccc(-n4c5ccccc5c5ccccc54)cc3)nc(-c3ccc4c(c3)oc3cnccc34)n1)c1ccccc12. The van der Waals surface area contributed by atoms with Crippen molar-refractivity contribution in [3.05, 3.63) is 164 Å². The van der Waals surface area contributed by atoms with Gasteiger partial charge in [0.1, 0.15) is 5.58 Å². The van der Waals surface area contributed by atoms with Gasteiger partial charge in [-0.05, 0) is 82.2 Å². The van der Waals surface area contributed by atoms with Crippen LogP contribution in [0, 0.1) is 0 Å². The van der Waals surface area contributed by atoms with E-state index in [2.05, 4.69) is 149 Å². The van der Waals surface area contributed by atoms with Gasteiger partial charge in [0.2, 0.25) is 0 Å². The minimum atomic E-state index is 0.573. The summed E-state index contributed by atoms with van der Waals surface area (Å²) in [6.45, 7) is 0.